The maximum Gasteiger partial charge on any atom is 0.281 e. The first kappa shape index (κ1) is 19.1. The molecule has 150 valence electrons. The number of furan rings is 1. The molecule has 0 saturated carbocycles. The second-order valence-corrected chi connectivity index (χ2v) is 7.41. The van der Waals surface area contributed by atoms with Crippen molar-refractivity contribution in [1.29, 1.82) is 0 Å². The van der Waals surface area contributed by atoms with Crippen molar-refractivity contribution in [3.63, 3.8) is 0 Å². The maximum absolute atomic E-state index is 13.3. The zero-order valence-corrected chi connectivity index (χ0v) is 17.2. The van der Waals surface area contributed by atoms with Crippen molar-refractivity contribution in [2.75, 3.05) is 5.01 Å². The van der Waals surface area contributed by atoms with Crippen molar-refractivity contribution in [1.82, 2.24) is 0 Å². The summed E-state index contributed by atoms with van der Waals surface area (Å²) in [6.45, 7) is 0. The Bertz CT molecular complexity index is 1310. The fraction of sp³-hybridized carbons (Fsp3) is 0. The molecule has 4 aromatic rings. The molecule has 5 rings (SSSR count). The molecule has 0 atom stereocenters. The van der Waals surface area contributed by atoms with E-state index in [0.29, 0.717) is 33.5 Å². The molecule has 31 heavy (non-hydrogen) atoms. The lowest BCUT2D eigenvalue weighted by Gasteiger charge is -2.10. The van der Waals surface area contributed by atoms with Crippen LogP contribution >= 0.6 is 11.6 Å². The Balaban J connectivity index is 1.57. The third kappa shape index (κ3) is 3.69. The van der Waals surface area contributed by atoms with E-state index in [1.807, 2.05) is 97.1 Å². The predicted molar refractivity (Wildman–Crippen MR) is 124 cm³/mol. The normalized spacial score (nSPS) is 14.9. The van der Waals surface area contributed by atoms with Gasteiger partial charge in [0.25, 0.3) is 5.91 Å². The number of rotatable bonds is 4. The molecule has 5 heteroatoms. The van der Waals surface area contributed by atoms with Gasteiger partial charge in [0.15, 0.2) is 0 Å². The van der Waals surface area contributed by atoms with Crippen molar-refractivity contribution >= 4 is 35.0 Å². The minimum absolute atomic E-state index is 0.208. The van der Waals surface area contributed by atoms with Crippen LogP contribution in [0.1, 0.15) is 11.3 Å². The Morgan fingerprint density at radius 2 is 1.48 bits per heavy atom. The van der Waals surface area contributed by atoms with Crippen LogP contribution in [0.2, 0.25) is 5.02 Å². The van der Waals surface area contributed by atoms with Gasteiger partial charge in [-0.3, -0.25) is 4.79 Å². The number of para-hydroxylation sites is 1. The summed E-state index contributed by atoms with van der Waals surface area (Å²) in [5.74, 6) is 0.985. The summed E-state index contributed by atoms with van der Waals surface area (Å²) in [7, 11) is 0. The van der Waals surface area contributed by atoms with E-state index in [9.17, 15) is 4.79 Å². The molecule has 1 aliphatic rings. The quantitative estimate of drug-likeness (QED) is 0.354. The van der Waals surface area contributed by atoms with E-state index in [1.54, 1.807) is 6.08 Å². The molecule has 3 aromatic carbocycles. The molecular weight excluding hydrogens is 408 g/mol. The van der Waals surface area contributed by atoms with Gasteiger partial charge < -0.3 is 4.42 Å². The summed E-state index contributed by atoms with van der Waals surface area (Å²) in [6, 6.07) is 30.2. The highest BCUT2D eigenvalue weighted by atomic mass is 35.5. The molecule has 0 aliphatic carbocycles. The maximum atomic E-state index is 13.3. The second kappa shape index (κ2) is 8.09. The fourth-order valence-electron chi connectivity index (χ4n) is 3.48. The minimum atomic E-state index is -0.208. The summed E-state index contributed by atoms with van der Waals surface area (Å²) in [6.07, 6.45) is 1.73. The highest BCUT2D eigenvalue weighted by molar-refractivity contribution is 6.37. The third-order valence-corrected chi connectivity index (χ3v) is 5.31. The number of carbonyl (C=O) groups is 1. The van der Waals surface area contributed by atoms with Crippen LogP contribution in [0.3, 0.4) is 0 Å². The number of benzene rings is 3. The monoisotopic (exact) mass is 424 g/mol. The summed E-state index contributed by atoms with van der Waals surface area (Å²) < 4.78 is 6.00. The van der Waals surface area contributed by atoms with Gasteiger partial charge in [0.1, 0.15) is 17.2 Å². The van der Waals surface area contributed by atoms with Gasteiger partial charge in [0.2, 0.25) is 0 Å². The highest BCUT2D eigenvalue weighted by Crippen LogP contribution is 2.31. The zero-order valence-electron chi connectivity index (χ0n) is 16.4. The molecule has 0 saturated heterocycles. The lowest BCUT2D eigenvalue weighted by atomic mass is 10.0. The first-order chi connectivity index (χ1) is 15.2. The molecule has 1 amide bonds. The van der Waals surface area contributed by atoms with Crippen molar-refractivity contribution in [3.05, 3.63) is 119 Å². The first-order valence-electron chi connectivity index (χ1n) is 9.81. The Morgan fingerprint density at radius 3 is 2.23 bits per heavy atom. The van der Waals surface area contributed by atoms with Crippen molar-refractivity contribution in [2.24, 2.45) is 5.10 Å². The van der Waals surface area contributed by atoms with Crippen molar-refractivity contribution in [2.45, 2.75) is 0 Å². The Hall–Kier alpha value is -3.89. The highest BCUT2D eigenvalue weighted by Gasteiger charge is 2.32. The van der Waals surface area contributed by atoms with Gasteiger partial charge >= 0.3 is 0 Å². The summed E-state index contributed by atoms with van der Waals surface area (Å²) in [5.41, 5.74) is 3.44. The fourth-order valence-corrected chi connectivity index (χ4v) is 3.71. The third-order valence-electron chi connectivity index (χ3n) is 4.98. The van der Waals surface area contributed by atoms with E-state index >= 15 is 0 Å². The lowest BCUT2D eigenvalue weighted by molar-refractivity contribution is -0.114. The largest absolute Gasteiger partial charge is 0.457 e. The molecule has 0 radical (unpaired) electrons. The SMILES string of the molecule is O=C1C(=Cc2ccc(-c3ccccc3Cl)o2)C(c2ccccc2)=NN1c1ccccc1. The number of hydrogen-bond acceptors (Lipinski definition) is 3. The molecule has 1 aromatic heterocycles. The molecule has 0 unspecified atom stereocenters. The van der Waals surface area contributed by atoms with Gasteiger partial charge in [-0.2, -0.15) is 10.1 Å². The van der Waals surface area contributed by atoms with Gasteiger partial charge in [-0.15, -0.1) is 0 Å². The molecule has 0 fully saturated rings. The average molecular weight is 425 g/mol. The number of hydrazone groups is 1. The van der Waals surface area contributed by atoms with Crippen LogP contribution in [0.5, 0.6) is 0 Å². The van der Waals surface area contributed by atoms with Crippen LogP contribution in [-0.4, -0.2) is 11.6 Å². The zero-order chi connectivity index (χ0) is 21.2. The van der Waals surface area contributed by atoms with Crippen molar-refractivity contribution in [3.8, 4) is 11.3 Å². The molecule has 2 heterocycles. The molecule has 4 nitrogen and oxygen atoms in total. The Labute approximate surface area is 184 Å². The number of anilines is 1. The summed E-state index contributed by atoms with van der Waals surface area (Å²) in [4.78, 5) is 13.3. The van der Waals surface area contributed by atoms with Gasteiger partial charge in [-0.05, 0) is 42.5 Å². The molecule has 1 aliphatic heterocycles. The number of halogens is 1. The molecule has 0 bridgehead atoms. The van der Waals surface area contributed by atoms with Gasteiger partial charge in [-0.1, -0.05) is 72.3 Å². The standard InChI is InChI=1S/C26H17ClN2O2/c27-23-14-8-7-13-21(23)24-16-15-20(31-24)17-22-25(18-9-3-1-4-10-18)28-29(26(22)30)19-11-5-2-6-12-19/h1-17H. The van der Waals surface area contributed by atoms with Gasteiger partial charge in [0.05, 0.1) is 16.3 Å². The second-order valence-electron chi connectivity index (χ2n) is 7.01. The van der Waals surface area contributed by atoms with E-state index in [4.69, 9.17) is 16.0 Å². The van der Waals surface area contributed by atoms with Crippen LogP contribution in [-0.2, 0) is 4.79 Å². The van der Waals surface area contributed by atoms with Crippen molar-refractivity contribution < 1.29 is 9.21 Å². The first-order valence-corrected chi connectivity index (χ1v) is 10.2. The van der Waals surface area contributed by atoms with Crippen LogP contribution in [0, 0.1) is 0 Å². The predicted octanol–water partition coefficient (Wildman–Crippen LogP) is 6.43. The van der Waals surface area contributed by atoms with E-state index in [2.05, 4.69) is 5.10 Å². The molecule has 0 spiro atoms. The molecule has 0 N–H and O–H groups in total. The van der Waals surface area contributed by atoms with Gasteiger partial charge in [0, 0.05) is 11.1 Å². The average Bonchev–Trinajstić information content (AvgIpc) is 3.41. The topological polar surface area (TPSA) is 45.8 Å². The number of amides is 1. The smallest absolute Gasteiger partial charge is 0.281 e. The number of carbonyl (C=O) groups excluding carboxylic acids is 1. The van der Waals surface area contributed by atoms with E-state index in [1.165, 1.54) is 5.01 Å². The van der Waals surface area contributed by atoms with Crippen LogP contribution in [0.15, 0.2) is 112 Å². The van der Waals surface area contributed by atoms with E-state index in [-0.39, 0.29) is 5.91 Å². The van der Waals surface area contributed by atoms with E-state index < -0.39 is 0 Å². The lowest BCUT2D eigenvalue weighted by Crippen LogP contribution is -2.21. The Morgan fingerprint density at radius 1 is 0.806 bits per heavy atom. The summed E-state index contributed by atoms with van der Waals surface area (Å²) >= 11 is 6.30. The molecular formula is C26H17ClN2O2. The van der Waals surface area contributed by atoms with E-state index in [0.717, 1.165) is 11.1 Å². The minimum Gasteiger partial charge on any atom is -0.457 e. The number of nitrogens with zero attached hydrogens (tertiary/aromatic N) is 2. The van der Waals surface area contributed by atoms with Crippen LogP contribution in [0.4, 0.5) is 5.69 Å². The number of hydrogen-bond donors (Lipinski definition) is 0. The Kier molecular flexibility index (Phi) is 4.98. The van der Waals surface area contributed by atoms with Gasteiger partial charge in [-0.25, -0.2) is 0 Å². The van der Waals surface area contributed by atoms with Crippen LogP contribution < -0.4 is 5.01 Å². The van der Waals surface area contributed by atoms with Crippen LogP contribution in [0.25, 0.3) is 17.4 Å². The summed E-state index contributed by atoms with van der Waals surface area (Å²) in [5, 5.41) is 6.66.